The van der Waals surface area contributed by atoms with E-state index < -0.39 is 0 Å². The number of nitrogens with zero attached hydrogens (tertiary/aromatic N) is 2. The summed E-state index contributed by atoms with van der Waals surface area (Å²) < 4.78 is 5.27. The second-order valence-corrected chi connectivity index (χ2v) is 7.32. The predicted octanol–water partition coefficient (Wildman–Crippen LogP) is 4.31. The number of ether oxygens (including phenoxy) is 1. The van der Waals surface area contributed by atoms with E-state index in [1.165, 1.54) is 18.4 Å². The first-order valence-corrected chi connectivity index (χ1v) is 8.96. The van der Waals surface area contributed by atoms with Crippen LogP contribution in [0, 0.1) is 0 Å². The van der Waals surface area contributed by atoms with Crippen molar-refractivity contribution in [2.24, 2.45) is 4.99 Å². The van der Waals surface area contributed by atoms with Crippen molar-refractivity contribution in [2.45, 2.75) is 19.3 Å². The van der Waals surface area contributed by atoms with Gasteiger partial charge < -0.3 is 9.64 Å². The number of fused-ring (bicyclic) bond motifs is 2. The molecule has 0 N–H and O–H groups in total. The highest BCUT2D eigenvalue weighted by atomic mass is 16.5. The number of allylic oxidation sites excluding steroid dienone is 2. The number of hydrogen-bond donors (Lipinski definition) is 0. The summed E-state index contributed by atoms with van der Waals surface area (Å²) in [6, 6.07) is 16.1. The second kappa shape index (κ2) is 6.23. The van der Waals surface area contributed by atoms with E-state index in [1.807, 2.05) is 43.6 Å². The third-order valence-electron chi connectivity index (χ3n) is 5.42. The summed E-state index contributed by atoms with van der Waals surface area (Å²) in [5.74, 6) is 0.122. The van der Waals surface area contributed by atoms with E-state index in [1.54, 1.807) is 6.08 Å². The van der Waals surface area contributed by atoms with Crippen LogP contribution in [0.3, 0.4) is 0 Å². The molecule has 4 nitrogen and oxygen atoms in total. The highest BCUT2D eigenvalue weighted by Gasteiger charge is 2.38. The zero-order chi connectivity index (χ0) is 19.2. The first-order valence-electron chi connectivity index (χ1n) is 8.96. The van der Waals surface area contributed by atoms with Gasteiger partial charge in [-0.2, -0.15) is 0 Å². The molecule has 2 aromatic rings. The Hall–Kier alpha value is -3.14. The van der Waals surface area contributed by atoms with E-state index in [0.717, 1.165) is 16.8 Å². The Morgan fingerprint density at radius 3 is 2.52 bits per heavy atom. The molecule has 2 aromatic carbocycles. The number of carbonyl (C=O) groups is 1. The van der Waals surface area contributed by atoms with E-state index >= 15 is 0 Å². The summed E-state index contributed by atoms with van der Waals surface area (Å²) in [4.78, 5) is 19.6. The molecule has 136 valence electrons. The van der Waals surface area contributed by atoms with Gasteiger partial charge in [0.05, 0.1) is 7.11 Å². The Balaban J connectivity index is 1.83. The third kappa shape index (κ3) is 2.60. The monoisotopic (exact) mass is 358 g/mol. The van der Waals surface area contributed by atoms with Crippen LogP contribution in [0.1, 0.15) is 30.5 Å². The molecule has 0 spiro atoms. The highest BCUT2D eigenvalue weighted by Crippen LogP contribution is 2.46. The fraction of sp³-hybridized carbons (Fsp3) is 0.217. The van der Waals surface area contributed by atoms with Crippen LogP contribution in [0.15, 0.2) is 71.2 Å². The summed E-state index contributed by atoms with van der Waals surface area (Å²) in [6.07, 6.45) is 3.59. The number of likely N-dealkylation sites (N-methyl/N-ethyl adjacent to an activating group) is 1. The number of anilines is 1. The quantitative estimate of drug-likeness (QED) is 0.803. The molecule has 0 atom stereocenters. The molecule has 0 saturated carbocycles. The Kier molecular flexibility index (Phi) is 3.99. The maximum atomic E-state index is 12.8. The predicted molar refractivity (Wildman–Crippen MR) is 109 cm³/mol. The number of Topliss-reactive ketones (excluding diaryl/α,β-unsaturated/α-hetero) is 1. The second-order valence-electron chi connectivity index (χ2n) is 7.32. The van der Waals surface area contributed by atoms with E-state index in [-0.39, 0.29) is 11.2 Å². The lowest BCUT2D eigenvalue weighted by Crippen LogP contribution is -2.25. The molecule has 2 aliphatic rings. The molecule has 4 rings (SSSR count). The van der Waals surface area contributed by atoms with Gasteiger partial charge in [-0.25, -0.2) is 0 Å². The van der Waals surface area contributed by atoms with Crippen molar-refractivity contribution in [2.75, 3.05) is 19.1 Å². The largest absolute Gasteiger partial charge is 0.493 e. The van der Waals surface area contributed by atoms with Crippen molar-refractivity contribution in [3.63, 3.8) is 0 Å². The Labute approximate surface area is 159 Å². The van der Waals surface area contributed by atoms with Crippen molar-refractivity contribution in [3.05, 3.63) is 82.9 Å². The molecule has 0 fully saturated rings. The van der Waals surface area contributed by atoms with Crippen LogP contribution in [-0.4, -0.2) is 25.7 Å². The Morgan fingerprint density at radius 1 is 1.07 bits per heavy atom. The molecule has 0 saturated heterocycles. The normalized spacial score (nSPS) is 20.5. The fourth-order valence-electron chi connectivity index (χ4n) is 3.92. The standard InChI is InChI=1S/C23H22N2O2/c1-23(2)17-11-7-8-12-18(17)25(3)20(23)14-24-21-16-10-6-5-9-15(16)13-19(27-4)22(21)26/h5-14H,1-4H3/b20-14-,24-21?. The van der Waals surface area contributed by atoms with Gasteiger partial charge in [-0.3, -0.25) is 9.79 Å². The van der Waals surface area contributed by atoms with Gasteiger partial charge in [-0.1, -0.05) is 56.3 Å². The SMILES string of the molecule is COC1=Cc2ccccc2C(=N/C=C2\N(C)c3ccccc3C2(C)C)C1=O. The summed E-state index contributed by atoms with van der Waals surface area (Å²) >= 11 is 0. The average molecular weight is 358 g/mol. The van der Waals surface area contributed by atoms with Crippen LogP contribution in [0.25, 0.3) is 6.08 Å². The van der Waals surface area contributed by atoms with E-state index in [9.17, 15) is 4.79 Å². The Bertz CT molecular complexity index is 1030. The number of para-hydroxylation sites is 1. The first kappa shape index (κ1) is 17.3. The Morgan fingerprint density at radius 2 is 1.78 bits per heavy atom. The first-order chi connectivity index (χ1) is 12.9. The van der Waals surface area contributed by atoms with Crippen molar-refractivity contribution < 1.29 is 9.53 Å². The zero-order valence-electron chi connectivity index (χ0n) is 16.0. The maximum absolute atomic E-state index is 12.8. The van der Waals surface area contributed by atoms with Crippen LogP contribution in [0.5, 0.6) is 0 Å². The van der Waals surface area contributed by atoms with Gasteiger partial charge >= 0.3 is 0 Å². The van der Waals surface area contributed by atoms with Crippen LogP contribution < -0.4 is 4.90 Å². The van der Waals surface area contributed by atoms with E-state index in [0.29, 0.717) is 11.5 Å². The summed E-state index contributed by atoms with van der Waals surface area (Å²) in [7, 11) is 3.55. The van der Waals surface area contributed by atoms with Gasteiger partial charge in [-0.15, -0.1) is 0 Å². The van der Waals surface area contributed by atoms with Crippen LogP contribution >= 0.6 is 0 Å². The lowest BCUT2D eigenvalue weighted by Gasteiger charge is -2.23. The minimum atomic E-state index is -0.191. The van der Waals surface area contributed by atoms with Gasteiger partial charge in [0.25, 0.3) is 0 Å². The number of hydrogen-bond acceptors (Lipinski definition) is 4. The van der Waals surface area contributed by atoms with Gasteiger partial charge in [0.15, 0.2) is 5.76 Å². The molecule has 1 aliphatic carbocycles. The molecule has 0 radical (unpaired) electrons. The number of benzene rings is 2. The highest BCUT2D eigenvalue weighted by molar-refractivity contribution is 6.53. The molecular weight excluding hydrogens is 336 g/mol. The number of aliphatic imine (C=N–C) groups is 1. The molecule has 0 unspecified atom stereocenters. The summed E-state index contributed by atoms with van der Waals surface area (Å²) in [6.45, 7) is 4.36. The zero-order valence-corrected chi connectivity index (χ0v) is 16.0. The molecule has 0 aromatic heterocycles. The van der Waals surface area contributed by atoms with Crippen molar-refractivity contribution in [3.8, 4) is 0 Å². The summed E-state index contributed by atoms with van der Waals surface area (Å²) in [5.41, 5.74) is 5.47. The molecule has 1 aliphatic heterocycles. The average Bonchev–Trinajstić information content (AvgIpc) is 2.87. The minimum Gasteiger partial charge on any atom is -0.493 e. The van der Waals surface area contributed by atoms with Crippen LogP contribution in [0.4, 0.5) is 5.69 Å². The van der Waals surface area contributed by atoms with Gasteiger partial charge in [0.2, 0.25) is 5.78 Å². The third-order valence-corrected chi connectivity index (χ3v) is 5.42. The lowest BCUT2D eigenvalue weighted by atomic mass is 9.84. The van der Waals surface area contributed by atoms with Crippen molar-refractivity contribution in [1.82, 2.24) is 0 Å². The molecule has 0 bridgehead atoms. The van der Waals surface area contributed by atoms with Crippen LogP contribution in [-0.2, 0) is 14.9 Å². The van der Waals surface area contributed by atoms with Crippen molar-refractivity contribution >= 4 is 23.3 Å². The van der Waals surface area contributed by atoms with Gasteiger partial charge in [0, 0.05) is 35.6 Å². The van der Waals surface area contributed by atoms with Gasteiger partial charge in [-0.05, 0) is 23.3 Å². The van der Waals surface area contributed by atoms with Gasteiger partial charge in [0.1, 0.15) is 5.71 Å². The van der Waals surface area contributed by atoms with E-state index in [4.69, 9.17) is 4.74 Å². The maximum Gasteiger partial charge on any atom is 0.246 e. The smallest absolute Gasteiger partial charge is 0.246 e. The topological polar surface area (TPSA) is 41.9 Å². The summed E-state index contributed by atoms with van der Waals surface area (Å²) in [5, 5.41) is 0. The molecule has 27 heavy (non-hydrogen) atoms. The number of rotatable bonds is 2. The molecular formula is C23H22N2O2. The lowest BCUT2D eigenvalue weighted by molar-refractivity contribution is -0.112. The van der Waals surface area contributed by atoms with E-state index in [2.05, 4.69) is 41.9 Å². The minimum absolute atomic E-state index is 0.188. The molecule has 1 heterocycles. The van der Waals surface area contributed by atoms with Crippen molar-refractivity contribution in [1.29, 1.82) is 0 Å². The number of carbonyl (C=O) groups excluding carboxylic acids is 1. The molecule has 4 heteroatoms. The van der Waals surface area contributed by atoms with Crippen LogP contribution in [0.2, 0.25) is 0 Å². The fourth-order valence-corrected chi connectivity index (χ4v) is 3.92. The molecule has 0 amide bonds. The number of methoxy groups -OCH3 is 1. The number of ketones is 1.